The lowest BCUT2D eigenvalue weighted by atomic mass is 9.96. The molecule has 216 valence electrons. The third-order valence-electron chi connectivity index (χ3n) is 7.04. The molecule has 1 saturated heterocycles. The zero-order valence-electron chi connectivity index (χ0n) is 22.1. The van der Waals surface area contributed by atoms with Crippen LogP contribution in [0.3, 0.4) is 0 Å². The summed E-state index contributed by atoms with van der Waals surface area (Å²) in [4.78, 5) is 31.6. The van der Waals surface area contributed by atoms with Gasteiger partial charge in [0.05, 0.1) is 29.5 Å². The minimum Gasteiger partial charge on any atom is -0.383 e. The Morgan fingerprint density at radius 3 is 2.55 bits per heavy atom. The topological polar surface area (TPSA) is 115 Å². The fourth-order valence-electron chi connectivity index (χ4n) is 4.88. The van der Waals surface area contributed by atoms with Gasteiger partial charge in [-0.05, 0) is 57.2 Å². The van der Waals surface area contributed by atoms with E-state index in [1.807, 2.05) is 0 Å². The molecule has 2 atom stereocenters. The number of fused-ring (bicyclic) bond motifs is 1. The molecule has 3 N–H and O–H groups in total. The van der Waals surface area contributed by atoms with Crippen LogP contribution in [0.4, 0.5) is 33.5 Å². The fourth-order valence-corrected chi connectivity index (χ4v) is 4.88. The molecular formula is C26H29F5N6O3. The van der Waals surface area contributed by atoms with Crippen molar-refractivity contribution in [3.05, 3.63) is 47.3 Å². The smallest absolute Gasteiger partial charge is 0.383 e. The van der Waals surface area contributed by atoms with Crippen LogP contribution >= 0.6 is 0 Å². The van der Waals surface area contributed by atoms with Gasteiger partial charge in [-0.3, -0.25) is 9.59 Å². The number of aryl methyl sites for hydroxylation is 1. The molecule has 2 aromatic heterocycles. The highest BCUT2D eigenvalue weighted by Gasteiger charge is 2.58. The average Bonchev–Trinajstić information content (AvgIpc) is 3.36. The van der Waals surface area contributed by atoms with Crippen LogP contribution in [0.5, 0.6) is 0 Å². The number of nitrogens with two attached hydrogens (primary N) is 1. The minimum absolute atomic E-state index is 0.0522. The zero-order chi connectivity index (χ0) is 29.4. The van der Waals surface area contributed by atoms with E-state index in [0.717, 1.165) is 25.0 Å². The molecule has 0 bridgehead atoms. The van der Waals surface area contributed by atoms with Crippen LogP contribution in [0.15, 0.2) is 30.6 Å². The molecule has 2 unspecified atom stereocenters. The van der Waals surface area contributed by atoms with Gasteiger partial charge in [-0.15, -0.1) is 0 Å². The molecule has 3 heterocycles. The van der Waals surface area contributed by atoms with E-state index in [9.17, 15) is 31.5 Å². The van der Waals surface area contributed by atoms with Gasteiger partial charge in [0.1, 0.15) is 11.3 Å². The Balaban J connectivity index is 1.59. The Hall–Kier alpha value is -3.81. The molecular weight excluding hydrogens is 539 g/mol. The monoisotopic (exact) mass is 568 g/mol. The number of halogens is 5. The van der Waals surface area contributed by atoms with Crippen molar-refractivity contribution in [2.45, 2.75) is 64.4 Å². The number of anilines is 2. The van der Waals surface area contributed by atoms with Gasteiger partial charge in [-0.25, -0.2) is 9.67 Å². The number of likely N-dealkylation sites (N-methyl/N-ethyl adjacent to an activating group) is 1. The Bertz CT molecular complexity index is 1420. The number of nitrogens with zero attached hydrogens (tertiary/aromatic N) is 4. The summed E-state index contributed by atoms with van der Waals surface area (Å²) in [6.45, 7) is 5.13. The van der Waals surface area contributed by atoms with Crippen LogP contribution in [0.25, 0.3) is 10.9 Å². The number of pyridine rings is 1. The lowest BCUT2D eigenvalue weighted by Crippen LogP contribution is -2.41. The lowest BCUT2D eigenvalue weighted by Gasteiger charge is -2.29. The number of nitrogen functional groups attached to an aromatic ring is 1. The molecule has 1 fully saturated rings. The predicted molar refractivity (Wildman–Crippen MR) is 136 cm³/mol. The molecule has 1 aliphatic heterocycles. The summed E-state index contributed by atoms with van der Waals surface area (Å²) in [6.07, 6.45) is -0.798. The second-order valence-electron chi connectivity index (χ2n) is 9.59. The third-order valence-corrected chi connectivity index (χ3v) is 7.04. The number of ether oxygens (including phenoxy) is 1. The van der Waals surface area contributed by atoms with E-state index in [2.05, 4.69) is 15.4 Å². The molecule has 0 radical (unpaired) electrons. The van der Waals surface area contributed by atoms with Crippen molar-refractivity contribution in [2.75, 3.05) is 24.2 Å². The van der Waals surface area contributed by atoms with Crippen molar-refractivity contribution in [1.82, 2.24) is 19.7 Å². The largest absolute Gasteiger partial charge is 0.458 e. The first-order valence-electron chi connectivity index (χ1n) is 12.7. The molecule has 2 amide bonds. The van der Waals surface area contributed by atoms with Gasteiger partial charge in [-0.2, -0.15) is 27.1 Å². The van der Waals surface area contributed by atoms with E-state index in [1.54, 1.807) is 18.5 Å². The summed E-state index contributed by atoms with van der Waals surface area (Å²) in [5.41, 5.74) is 5.85. The maximum absolute atomic E-state index is 13.8. The van der Waals surface area contributed by atoms with E-state index < -0.39 is 35.5 Å². The quantitative estimate of drug-likeness (QED) is 0.311. The van der Waals surface area contributed by atoms with Gasteiger partial charge in [0.2, 0.25) is 0 Å². The van der Waals surface area contributed by atoms with Crippen molar-refractivity contribution in [3.63, 3.8) is 0 Å². The first-order chi connectivity index (χ1) is 18.8. The Morgan fingerprint density at radius 1 is 1.23 bits per heavy atom. The predicted octanol–water partition coefficient (Wildman–Crippen LogP) is 5.22. The van der Waals surface area contributed by atoms with Crippen molar-refractivity contribution >= 4 is 34.2 Å². The van der Waals surface area contributed by atoms with Crippen molar-refractivity contribution in [1.29, 1.82) is 0 Å². The van der Waals surface area contributed by atoms with E-state index >= 15 is 0 Å². The van der Waals surface area contributed by atoms with E-state index in [4.69, 9.17) is 10.5 Å². The van der Waals surface area contributed by atoms with Gasteiger partial charge in [0.25, 0.3) is 0 Å². The molecule has 9 nitrogen and oxygen atoms in total. The molecule has 0 aliphatic carbocycles. The summed E-state index contributed by atoms with van der Waals surface area (Å²) < 4.78 is 73.5. The number of rotatable bonds is 6. The second kappa shape index (κ2) is 11.0. The summed E-state index contributed by atoms with van der Waals surface area (Å²) >= 11 is 0. The van der Waals surface area contributed by atoms with E-state index in [1.165, 1.54) is 24.2 Å². The number of aromatic nitrogens is 3. The van der Waals surface area contributed by atoms with Crippen LogP contribution < -0.4 is 11.1 Å². The summed E-state index contributed by atoms with van der Waals surface area (Å²) in [6, 6.07) is 1.71. The SMILES string of the molecule is CCN(C(=O)C(=O)Nc1cnc(N)c2cnn(C3CCCCO3)c12)C(C)c1ccc(C(F)(F)C(F)(F)F)cc1C. The third kappa shape index (κ3) is 5.31. The molecule has 0 spiro atoms. The Labute approximate surface area is 226 Å². The van der Waals surface area contributed by atoms with Gasteiger partial charge < -0.3 is 20.7 Å². The Kier molecular flexibility index (Phi) is 8.01. The first kappa shape index (κ1) is 29.2. The molecule has 4 rings (SSSR count). The molecule has 0 saturated carbocycles. The van der Waals surface area contributed by atoms with E-state index in [0.29, 0.717) is 35.6 Å². The number of amides is 2. The van der Waals surface area contributed by atoms with Crippen molar-refractivity contribution in [2.24, 2.45) is 0 Å². The van der Waals surface area contributed by atoms with Gasteiger partial charge >= 0.3 is 23.9 Å². The standard InChI is InChI=1S/C26H29F5N6O3/c1-4-36(15(3)17-9-8-16(11-14(17)2)25(27,28)26(29,30)31)24(39)23(38)35-19-13-33-22(32)18-12-34-37(21(18)19)20-7-5-6-10-40-20/h8-9,11-13,15,20H,4-7,10H2,1-3H3,(H2,32,33)(H,35,38). The minimum atomic E-state index is -5.75. The molecule has 3 aromatic rings. The van der Waals surface area contributed by atoms with Gasteiger partial charge in [0, 0.05) is 18.7 Å². The van der Waals surface area contributed by atoms with E-state index in [-0.39, 0.29) is 29.8 Å². The maximum Gasteiger partial charge on any atom is 0.458 e. The van der Waals surface area contributed by atoms with Gasteiger partial charge in [0.15, 0.2) is 6.23 Å². The van der Waals surface area contributed by atoms with Gasteiger partial charge in [-0.1, -0.05) is 12.1 Å². The number of nitrogens with one attached hydrogen (secondary N) is 1. The summed E-state index contributed by atoms with van der Waals surface area (Å²) in [5, 5.41) is 7.40. The molecule has 1 aliphatic rings. The fraction of sp³-hybridized carbons (Fsp3) is 0.462. The van der Waals surface area contributed by atoms with Crippen LogP contribution in [0.2, 0.25) is 0 Å². The maximum atomic E-state index is 13.8. The number of carbonyl (C=O) groups is 2. The highest BCUT2D eigenvalue weighted by molar-refractivity contribution is 6.40. The zero-order valence-corrected chi connectivity index (χ0v) is 22.1. The van der Waals surface area contributed by atoms with Crippen LogP contribution in [-0.2, 0) is 20.2 Å². The molecule has 40 heavy (non-hydrogen) atoms. The summed E-state index contributed by atoms with van der Waals surface area (Å²) in [5.74, 6) is -6.80. The molecule has 1 aromatic carbocycles. The number of benzene rings is 1. The number of hydrogen-bond acceptors (Lipinski definition) is 6. The summed E-state index contributed by atoms with van der Waals surface area (Å²) in [7, 11) is 0. The highest BCUT2D eigenvalue weighted by atomic mass is 19.4. The number of hydrogen-bond donors (Lipinski definition) is 2. The number of carbonyl (C=O) groups excluding carboxylic acids is 2. The molecule has 14 heteroatoms. The normalized spacial score (nSPS) is 17.1. The lowest BCUT2D eigenvalue weighted by molar-refractivity contribution is -0.289. The van der Waals surface area contributed by atoms with Crippen LogP contribution in [0.1, 0.15) is 62.1 Å². The Morgan fingerprint density at radius 2 is 1.95 bits per heavy atom. The second-order valence-corrected chi connectivity index (χ2v) is 9.59. The number of alkyl halides is 5. The highest BCUT2D eigenvalue weighted by Crippen LogP contribution is 2.44. The first-order valence-corrected chi connectivity index (χ1v) is 12.7. The average molecular weight is 569 g/mol. The van der Waals surface area contributed by atoms with Crippen LogP contribution in [0, 0.1) is 6.92 Å². The van der Waals surface area contributed by atoms with Crippen molar-refractivity contribution in [3.8, 4) is 0 Å². The van der Waals surface area contributed by atoms with Crippen LogP contribution in [-0.4, -0.2) is 50.8 Å². The van der Waals surface area contributed by atoms with Crippen molar-refractivity contribution < 1.29 is 36.3 Å².